The number of aryl methyl sites for hydroxylation is 1. The molecule has 0 aliphatic carbocycles. The standard InChI is InChI=1S/C16H16BrNO2/c1-2-11-3-5-12(6-4-11)10-18-15-9-13(17)7-8-14(15)16(19)20/h3-9,18H,2,10H2,1H3,(H,19,20). The van der Waals surface area contributed by atoms with E-state index in [1.807, 2.05) is 0 Å². The van der Waals surface area contributed by atoms with E-state index in [-0.39, 0.29) is 5.56 Å². The Balaban J connectivity index is 2.13. The summed E-state index contributed by atoms with van der Waals surface area (Å²) in [6.07, 6.45) is 1.02. The molecule has 0 heterocycles. The zero-order valence-electron chi connectivity index (χ0n) is 11.2. The highest BCUT2D eigenvalue weighted by Crippen LogP contribution is 2.22. The first kappa shape index (κ1) is 14.6. The molecule has 0 bridgehead atoms. The van der Waals surface area contributed by atoms with Crippen molar-refractivity contribution >= 4 is 27.6 Å². The van der Waals surface area contributed by atoms with Crippen LogP contribution in [0.1, 0.15) is 28.4 Å². The van der Waals surface area contributed by atoms with Gasteiger partial charge in [0.15, 0.2) is 0 Å². The number of hydrogen-bond donors (Lipinski definition) is 2. The molecule has 0 amide bonds. The van der Waals surface area contributed by atoms with E-state index in [9.17, 15) is 4.79 Å². The Morgan fingerprint density at radius 1 is 1.15 bits per heavy atom. The fourth-order valence-electron chi connectivity index (χ4n) is 1.94. The highest BCUT2D eigenvalue weighted by atomic mass is 79.9. The van der Waals surface area contributed by atoms with Gasteiger partial charge in [0.05, 0.1) is 11.3 Å². The molecule has 0 aromatic heterocycles. The lowest BCUT2D eigenvalue weighted by atomic mass is 10.1. The smallest absolute Gasteiger partial charge is 0.337 e. The Morgan fingerprint density at radius 3 is 2.40 bits per heavy atom. The molecule has 0 aliphatic rings. The molecule has 2 N–H and O–H groups in total. The molecule has 0 saturated heterocycles. The van der Waals surface area contributed by atoms with Gasteiger partial charge >= 0.3 is 5.97 Å². The third kappa shape index (κ3) is 3.61. The van der Waals surface area contributed by atoms with Gasteiger partial charge in [0, 0.05) is 11.0 Å². The molecule has 0 aliphatic heterocycles. The minimum absolute atomic E-state index is 0.276. The van der Waals surface area contributed by atoms with E-state index in [1.165, 1.54) is 5.56 Å². The summed E-state index contributed by atoms with van der Waals surface area (Å²) in [5.41, 5.74) is 3.31. The fraction of sp³-hybridized carbons (Fsp3) is 0.188. The number of aromatic carboxylic acids is 1. The second kappa shape index (κ2) is 6.57. The monoisotopic (exact) mass is 333 g/mol. The Bertz CT molecular complexity index is 608. The molecule has 0 saturated carbocycles. The quantitative estimate of drug-likeness (QED) is 0.856. The molecule has 4 heteroatoms. The molecule has 2 aromatic carbocycles. The third-order valence-electron chi connectivity index (χ3n) is 3.13. The summed E-state index contributed by atoms with van der Waals surface area (Å²) in [6, 6.07) is 13.4. The van der Waals surface area contributed by atoms with Crippen LogP contribution in [0.3, 0.4) is 0 Å². The summed E-state index contributed by atoms with van der Waals surface area (Å²) in [5, 5.41) is 12.3. The summed E-state index contributed by atoms with van der Waals surface area (Å²) in [4.78, 5) is 11.2. The van der Waals surface area contributed by atoms with Gasteiger partial charge in [0.25, 0.3) is 0 Å². The lowest BCUT2D eigenvalue weighted by molar-refractivity contribution is 0.0698. The number of hydrogen-bond acceptors (Lipinski definition) is 2. The zero-order chi connectivity index (χ0) is 14.5. The molecule has 2 aromatic rings. The van der Waals surface area contributed by atoms with Crippen molar-refractivity contribution in [3.05, 3.63) is 63.6 Å². The molecule has 0 spiro atoms. The van der Waals surface area contributed by atoms with Gasteiger partial charge in [0.2, 0.25) is 0 Å². The van der Waals surface area contributed by atoms with Crippen LogP contribution in [0, 0.1) is 0 Å². The largest absolute Gasteiger partial charge is 0.478 e. The Morgan fingerprint density at radius 2 is 1.80 bits per heavy atom. The average molecular weight is 334 g/mol. The van der Waals surface area contributed by atoms with Gasteiger partial charge in [-0.15, -0.1) is 0 Å². The van der Waals surface area contributed by atoms with Crippen LogP contribution in [0.2, 0.25) is 0 Å². The third-order valence-corrected chi connectivity index (χ3v) is 3.62. The topological polar surface area (TPSA) is 49.3 Å². The summed E-state index contributed by atoms with van der Waals surface area (Å²) in [6.45, 7) is 2.72. The average Bonchev–Trinajstić information content (AvgIpc) is 2.45. The van der Waals surface area contributed by atoms with Crippen LogP contribution in [-0.4, -0.2) is 11.1 Å². The maximum absolute atomic E-state index is 11.2. The van der Waals surface area contributed by atoms with Crippen LogP contribution in [-0.2, 0) is 13.0 Å². The highest BCUT2D eigenvalue weighted by molar-refractivity contribution is 9.10. The molecule has 0 radical (unpaired) electrons. The van der Waals surface area contributed by atoms with Gasteiger partial charge in [-0.05, 0) is 35.7 Å². The molecule has 20 heavy (non-hydrogen) atoms. The van der Waals surface area contributed by atoms with Crippen LogP contribution in [0.15, 0.2) is 46.9 Å². The number of carbonyl (C=O) groups is 1. The highest BCUT2D eigenvalue weighted by Gasteiger charge is 2.09. The van der Waals surface area contributed by atoms with E-state index < -0.39 is 5.97 Å². The van der Waals surface area contributed by atoms with E-state index in [4.69, 9.17) is 5.11 Å². The van der Waals surface area contributed by atoms with E-state index in [0.29, 0.717) is 12.2 Å². The summed E-state index contributed by atoms with van der Waals surface area (Å²) in [5.74, 6) is -0.929. The predicted octanol–water partition coefficient (Wildman–Crippen LogP) is 4.32. The molecular formula is C16H16BrNO2. The number of benzene rings is 2. The number of carboxylic acid groups (broad SMARTS) is 1. The SMILES string of the molecule is CCc1ccc(CNc2cc(Br)ccc2C(=O)O)cc1. The van der Waals surface area contributed by atoms with Crippen LogP contribution in [0.4, 0.5) is 5.69 Å². The first-order valence-corrected chi connectivity index (χ1v) is 7.24. The first-order chi connectivity index (χ1) is 9.60. The molecular weight excluding hydrogens is 318 g/mol. The van der Waals surface area contributed by atoms with E-state index in [0.717, 1.165) is 16.5 Å². The summed E-state index contributed by atoms with van der Waals surface area (Å²) >= 11 is 3.36. The minimum Gasteiger partial charge on any atom is -0.478 e. The Labute approximate surface area is 126 Å². The van der Waals surface area contributed by atoms with Gasteiger partial charge in [-0.2, -0.15) is 0 Å². The van der Waals surface area contributed by atoms with Crippen molar-refractivity contribution in [2.45, 2.75) is 19.9 Å². The number of anilines is 1. The van der Waals surface area contributed by atoms with Crippen molar-refractivity contribution in [2.75, 3.05) is 5.32 Å². The molecule has 0 atom stereocenters. The predicted molar refractivity (Wildman–Crippen MR) is 84.2 cm³/mol. The van der Waals surface area contributed by atoms with Gasteiger partial charge in [0.1, 0.15) is 0 Å². The van der Waals surface area contributed by atoms with Crippen molar-refractivity contribution in [3.8, 4) is 0 Å². The molecule has 2 rings (SSSR count). The van der Waals surface area contributed by atoms with Crippen LogP contribution >= 0.6 is 15.9 Å². The molecule has 104 valence electrons. The molecule has 3 nitrogen and oxygen atoms in total. The fourth-order valence-corrected chi connectivity index (χ4v) is 2.30. The summed E-state index contributed by atoms with van der Waals surface area (Å²) < 4.78 is 0.853. The summed E-state index contributed by atoms with van der Waals surface area (Å²) in [7, 11) is 0. The normalized spacial score (nSPS) is 10.3. The zero-order valence-corrected chi connectivity index (χ0v) is 12.8. The van der Waals surface area contributed by atoms with Gasteiger partial charge in [-0.3, -0.25) is 0 Å². The van der Waals surface area contributed by atoms with E-state index in [2.05, 4.69) is 52.4 Å². The number of rotatable bonds is 5. The lowest BCUT2D eigenvalue weighted by Gasteiger charge is -2.10. The van der Waals surface area contributed by atoms with Crippen LogP contribution < -0.4 is 5.32 Å². The van der Waals surface area contributed by atoms with E-state index >= 15 is 0 Å². The van der Waals surface area contributed by atoms with Crippen molar-refractivity contribution < 1.29 is 9.90 Å². The van der Waals surface area contributed by atoms with Crippen LogP contribution in [0.25, 0.3) is 0 Å². The van der Waals surface area contributed by atoms with Crippen molar-refractivity contribution in [2.24, 2.45) is 0 Å². The number of nitrogens with one attached hydrogen (secondary N) is 1. The van der Waals surface area contributed by atoms with Crippen molar-refractivity contribution in [1.29, 1.82) is 0 Å². The van der Waals surface area contributed by atoms with Crippen molar-refractivity contribution in [1.82, 2.24) is 0 Å². The second-order valence-corrected chi connectivity index (χ2v) is 5.43. The molecule has 0 unspecified atom stereocenters. The number of halogens is 1. The Kier molecular flexibility index (Phi) is 4.79. The van der Waals surface area contributed by atoms with Gasteiger partial charge in [-0.1, -0.05) is 47.1 Å². The van der Waals surface area contributed by atoms with Crippen molar-refractivity contribution in [3.63, 3.8) is 0 Å². The Hall–Kier alpha value is -1.81. The maximum Gasteiger partial charge on any atom is 0.337 e. The maximum atomic E-state index is 11.2. The van der Waals surface area contributed by atoms with Gasteiger partial charge < -0.3 is 10.4 Å². The lowest BCUT2D eigenvalue weighted by Crippen LogP contribution is -2.06. The minimum atomic E-state index is -0.929. The second-order valence-electron chi connectivity index (χ2n) is 4.52. The van der Waals surface area contributed by atoms with Gasteiger partial charge in [-0.25, -0.2) is 4.79 Å². The van der Waals surface area contributed by atoms with E-state index in [1.54, 1.807) is 18.2 Å². The first-order valence-electron chi connectivity index (χ1n) is 6.44. The van der Waals surface area contributed by atoms with Crippen LogP contribution in [0.5, 0.6) is 0 Å². The number of carboxylic acids is 1. The molecule has 0 fully saturated rings.